The molecule has 0 aromatic heterocycles. The SMILES string of the molecule is CCC=CCCCCC=CC(=O)OC(C)(C)C. The van der Waals surface area contributed by atoms with E-state index in [1.54, 1.807) is 0 Å². The van der Waals surface area contributed by atoms with Gasteiger partial charge in [0.05, 0.1) is 0 Å². The van der Waals surface area contributed by atoms with Gasteiger partial charge in [-0.2, -0.15) is 0 Å². The highest BCUT2D eigenvalue weighted by atomic mass is 16.6. The fourth-order valence-electron chi connectivity index (χ4n) is 1.32. The lowest BCUT2D eigenvalue weighted by Gasteiger charge is -2.17. The molecule has 98 valence electrons. The number of carbonyl (C=O) groups excluding carboxylic acids is 1. The van der Waals surface area contributed by atoms with Gasteiger partial charge in [-0.1, -0.05) is 25.2 Å². The Hall–Kier alpha value is -1.05. The van der Waals surface area contributed by atoms with Gasteiger partial charge in [-0.15, -0.1) is 0 Å². The molecule has 0 fully saturated rings. The maximum atomic E-state index is 11.3. The smallest absolute Gasteiger partial charge is 0.330 e. The van der Waals surface area contributed by atoms with E-state index in [0.29, 0.717) is 0 Å². The largest absolute Gasteiger partial charge is 0.457 e. The molecular weight excluding hydrogens is 212 g/mol. The fraction of sp³-hybridized carbons (Fsp3) is 0.667. The van der Waals surface area contributed by atoms with Crippen molar-refractivity contribution in [2.75, 3.05) is 0 Å². The predicted molar refractivity (Wildman–Crippen MR) is 72.9 cm³/mol. The first-order valence-electron chi connectivity index (χ1n) is 6.50. The van der Waals surface area contributed by atoms with Crippen LogP contribution < -0.4 is 0 Å². The molecule has 2 nitrogen and oxygen atoms in total. The summed E-state index contributed by atoms with van der Waals surface area (Å²) in [4.78, 5) is 11.3. The average molecular weight is 238 g/mol. The van der Waals surface area contributed by atoms with Crippen LogP contribution in [-0.2, 0) is 9.53 Å². The van der Waals surface area contributed by atoms with E-state index in [4.69, 9.17) is 4.74 Å². The minimum absolute atomic E-state index is 0.247. The van der Waals surface area contributed by atoms with Crippen LogP contribution in [-0.4, -0.2) is 11.6 Å². The number of ether oxygens (including phenoxy) is 1. The number of esters is 1. The summed E-state index contributed by atoms with van der Waals surface area (Å²) in [5.74, 6) is -0.247. The molecule has 17 heavy (non-hydrogen) atoms. The van der Waals surface area contributed by atoms with Crippen LogP contribution in [0.25, 0.3) is 0 Å². The maximum absolute atomic E-state index is 11.3. The minimum Gasteiger partial charge on any atom is -0.457 e. The van der Waals surface area contributed by atoms with Gasteiger partial charge in [0.25, 0.3) is 0 Å². The van der Waals surface area contributed by atoms with Gasteiger partial charge < -0.3 is 4.74 Å². The monoisotopic (exact) mass is 238 g/mol. The first-order valence-corrected chi connectivity index (χ1v) is 6.50. The fourth-order valence-corrected chi connectivity index (χ4v) is 1.32. The molecule has 0 spiro atoms. The van der Waals surface area contributed by atoms with Crippen LogP contribution in [0.3, 0.4) is 0 Å². The van der Waals surface area contributed by atoms with Gasteiger partial charge >= 0.3 is 5.97 Å². The Morgan fingerprint density at radius 3 is 2.18 bits per heavy atom. The predicted octanol–water partition coefficient (Wildman–Crippen LogP) is 4.41. The van der Waals surface area contributed by atoms with Crippen molar-refractivity contribution in [3.05, 3.63) is 24.3 Å². The summed E-state index contributed by atoms with van der Waals surface area (Å²) in [6, 6.07) is 0. The molecule has 0 bridgehead atoms. The first kappa shape index (κ1) is 16.0. The third-order valence-electron chi connectivity index (χ3n) is 2.05. The van der Waals surface area contributed by atoms with Crippen molar-refractivity contribution < 1.29 is 9.53 Å². The third-order valence-corrected chi connectivity index (χ3v) is 2.05. The van der Waals surface area contributed by atoms with Gasteiger partial charge in [-0.05, 0) is 52.9 Å². The molecule has 0 aromatic rings. The van der Waals surface area contributed by atoms with Crippen molar-refractivity contribution >= 4 is 5.97 Å². The van der Waals surface area contributed by atoms with Crippen LogP contribution >= 0.6 is 0 Å². The second kappa shape index (κ2) is 9.03. The molecule has 0 radical (unpaired) electrons. The van der Waals surface area contributed by atoms with Gasteiger partial charge in [0, 0.05) is 6.08 Å². The van der Waals surface area contributed by atoms with E-state index in [0.717, 1.165) is 25.7 Å². The Morgan fingerprint density at radius 2 is 1.65 bits per heavy atom. The second-order valence-corrected chi connectivity index (χ2v) is 5.10. The van der Waals surface area contributed by atoms with Crippen LogP contribution in [0.1, 0.15) is 59.8 Å². The van der Waals surface area contributed by atoms with Crippen molar-refractivity contribution in [1.29, 1.82) is 0 Å². The van der Waals surface area contributed by atoms with Crippen molar-refractivity contribution in [1.82, 2.24) is 0 Å². The number of carbonyl (C=O) groups is 1. The Bertz CT molecular complexity index is 257. The molecule has 0 rings (SSSR count). The molecule has 0 aromatic carbocycles. The summed E-state index contributed by atoms with van der Waals surface area (Å²) in [5.41, 5.74) is -0.396. The molecule has 0 unspecified atom stereocenters. The van der Waals surface area contributed by atoms with Crippen LogP contribution in [0.4, 0.5) is 0 Å². The van der Waals surface area contributed by atoms with Crippen molar-refractivity contribution in [2.24, 2.45) is 0 Å². The number of hydrogen-bond acceptors (Lipinski definition) is 2. The summed E-state index contributed by atoms with van der Waals surface area (Å²) >= 11 is 0. The lowest BCUT2D eigenvalue weighted by Crippen LogP contribution is -2.22. The van der Waals surface area contributed by atoms with Gasteiger partial charge in [0.1, 0.15) is 5.60 Å². The quantitative estimate of drug-likeness (QED) is 0.284. The summed E-state index contributed by atoms with van der Waals surface area (Å²) in [6.45, 7) is 7.76. The highest BCUT2D eigenvalue weighted by Crippen LogP contribution is 2.08. The van der Waals surface area contributed by atoms with E-state index in [1.165, 1.54) is 12.5 Å². The van der Waals surface area contributed by atoms with Gasteiger partial charge in [0.15, 0.2) is 0 Å². The zero-order valence-electron chi connectivity index (χ0n) is 11.7. The van der Waals surface area contributed by atoms with Crippen molar-refractivity contribution in [2.45, 2.75) is 65.4 Å². The molecule has 0 saturated carbocycles. The van der Waals surface area contributed by atoms with Gasteiger partial charge in [0.2, 0.25) is 0 Å². The van der Waals surface area contributed by atoms with E-state index in [-0.39, 0.29) is 5.97 Å². The van der Waals surface area contributed by atoms with E-state index in [2.05, 4.69) is 19.1 Å². The van der Waals surface area contributed by atoms with E-state index in [9.17, 15) is 4.79 Å². The molecule has 0 atom stereocenters. The van der Waals surface area contributed by atoms with Crippen LogP contribution in [0.15, 0.2) is 24.3 Å². The third kappa shape index (κ3) is 12.9. The standard InChI is InChI=1S/C15H26O2/c1-5-6-7-8-9-10-11-12-13-14(16)17-15(2,3)4/h6-7,12-13H,5,8-11H2,1-4H3. The number of hydrogen-bond donors (Lipinski definition) is 0. The van der Waals surface area contributed by atoms with Gasteiger partial charge in [-0.3, -0.25) is 0 Å². The first-order chi connectivity index (χ1) is 7.95. The van der Waals surface area contributed by atoms with Crippen LogP contribution in [0.2, 0.25) is 0 Å². The summed E-state index contributed by atoms with van der Waals surface area (Å²) in [5, 5.41) is 0. The second-order valence-electron chi connectivity index (χ2n) is 5.10. The lowest BCUT2D eigenvalue weighted by molar-refractivity contribution is -0.148. The Balaban J connectivity index is 3.54. The molecule has 0 aliphatic carbocycles. The Labute approximate surface area is 106 Å². The molecule has 0 amide bonds. The normalized spacial score (nSPS) is 12.5. The molecule has 0 saturated heterocycles. The zero-order valence-corrected chi connectivity index (χ0v) is 11.7. The molecular formula is C15H26O2. The topological polar surface area (TPSA) is 26.3 Å². The molecule has 0 aliphatic rings. The molecule has 0 aliphatic heterocycles. The minimum atomic E-state index is -0.396. The number of rotatable bonds is 7. The lowest BCUT2D eigenvalue weighted by atomic mass is 10.1. The summed E-state index contributed by atoms with van der Waals surface area (Å²) in [7, 11) is 0. The maximum Gasteiger partial charge on any atom is 0.330 e. The zero-order chi connectivity index (χ0) is 13.1. The van der Waals surface area contributed by atoms with E-state index < -0.39 is 5.60 Å². The van der Waals surface area contributed by atoms with Crippen LogP contribution in [0, 0.1) is 0 Å². The van der Waals surface area contributed by atoms with E-state index in [1.807, 2.05) is 26.8 Å². The molecule has 2 heteroatoms. The molecule has 0 N–H and O–H groups in total. The highest BCUT2D eigenvalue weighted by molar-refractivity contribution is 5.82. The summed E-state index contributed by atoms with van der Waals surface area (Å²) in [6.07, 6.45) is 13.3. The highest BCUT2D eigenvalue weighted by Gasteiger charge is 2.13. The molecule has 0 heterocycles. The average Bonchev–Trinajstić information content (AvgIpc) is 2.19. The number of allylic oxidation sites excluding steroid dienone is 3. The van der Waals surface area contributed by atoms with Crippen molar-refractivity contribution in [3.8, 4) is 0 Å². The Morgan fingerprint density at radius 1 is 1.06 bits per heavy atom. The number of unbranched alkanes of at least 4 members (excludes halogenated alkanes) is 3. The van der Waals surface area contributed by atoms with Gasteiger partial charge in [-0.25, -0.2) is 4.79 Å². The van der Waals surface area contributed by atoms with Crippen molar-refractivity contribution in [3.63, 3.8) is 0 Å². The van der Waals surface area contributed by atoms with E-state index >= 15 is 0 Å². The van der Waals surface area contributed by atoms with Crippen LogP contribution in [0.5, 0.6) is 0 Å². The summed E-state index contributed by atoms with van der Waals surface area (Å²) < 4.78 is 5.16. The Kier molecular flexibility index (Phi) is 8.47.